The lowest BCUT2D eigenvalue weighted by molar-refractivity contribution is 0.0970. The number of carbonyl (C=O) groups excluding carboxylic acids is 1. The number of nitrogens with zero attached hydrogens (tertiary/aromatic N) is 3. The zero-order chi connectivity index (χ0) is 24.0. The third-order valence-corrected chi connectivity index (χ3v) is 6.39. The van der Waals surface area contributed by atoms with Gasteiger partial charge in [0.2, 0.25) is 10.9 Å². The topological polar surface area (TPSA) is 94.8 Å². The number of anilines is 1. The summed E-state index contributed by atoms with van der Waals surface area (Å²) in [7, 11) is 1.54. The molecule has 0 bridgehead atoms. The number of hydrogen-bond donors (Lipinski definition) is 0. The number of methoxy groups -OCH3 is 1. The van der Waals surface area contributed by atoms with Gasteiger partial charge in [0.1, 0.15) is 11.1 Å². The molecule has 10 heteroatoms. The maximum atomic E-state index is 13.6. The fourth-order valence-corrected chi connectivity index (χ4v) is 4.72. The van der Waals surface area contributed by atoms with Crippen LogP contribution in [-0.4, -0.2) is 29.8 Å². The summed E-state index contributed by atoms with van der Waals surface area (Å²) in [5.74, 6) is 0.902. The Bertz CT molecular complexity index is 1450. The SMILES string of the molecule is COc1cc(C2c3c(oc4ccc(Cl)cc4c3=O)C(=O)N2c2nncs2)ccc1OCC(C)C. The van der Waals surface area contributed by atoms with Gasteiger partial charge in [0.25, 0.3) is 5.91 Å². The van der Waals surface area contributed by atoms with E-state index in [9.17, 15) is 9.59 Å². The highest BCUT2D eigenvalue weighted by Gasteiger charge is 2.45. The Hall–Kier alpha value is -3.43. The minimum atomic E-state index is -0.789. The lowest BCUT2D eigenvalue weighted by atomic mass is 9.98. The van der Waals surface area contributed by atoms with Crippen LogP contribution in [0.1, 0.15) is 41.6 Å². The van der Waals surface area contributed by atoms with Crippen LogP contribution in [0.15, 0.2) is 51.1 Å². The van der Waals surface area contributed by atoms with Gasteiger partial charge in [-0.3, -0.25) is 14.5 Å². The van der Waals surface area contributed by atoms with Crippen LogP contribution in [0.25, 0.3) is 11.0 Å². The maximum absolute atomic E-state index is 13.6. The van der Waals surface area contributed by atoms with Crippen LogP contribution < -0.4 is 19.8 Å². The van der Waals surface area contributed by atoms with E-state index in [4.69, 9.17) is 25.5 Å². The summed E-state index contributed by atoms with van der Waals surface area (Å²) in [5, 5.41) is 9.00. The van der Waals surface area contributed by atoms with Crippen molar-refractivity contribution in [1.82, 2.24) is 10.2 Å². The van der Waals surface area contributed by atoms with Gasteiger partial charge in [-0.2, -0.15) is 0 Å². The average Bonchev–Trinajstić information content (AvgIpc) is 3.45. The van der Waals surface area contributed by atoms with Gasteiger partial charge in [-0.25, -0.2) is 0 Å². The first-order valence-electron chi connectivity index (χ1n) is 10.6. The summed E-state index contributed by atoms with van der Waals surface area (Å²) in [5.41, 5.74) is 2.34. The fourth-order valence-electron chi connectivity index (χ4n) is 3.96. The lowest BCUT2D eigenvalue weighted by Gasteiger charge is -2.23. The normalized spacial score (nSPS) is 15.3. The molecule has 0 saturated carbocycles. The number of aromatic nitrogens is 2. The molecular formula is C24H20ClN3O5S. The predicted octanol–water partition coefficient (Wildman–Crippen LogP) is 5.09. The largest absolute Gasteiger partial charge is 0.493 e. The average molecular weight is 498 g/mol. The number of hydrogen-bond acceptors (Lipinski definition) is 8. The molecule has 0 saturated heterocycles. The lowest BCUT2D eigenvalue weighted by Crippen LogP contribution is -2.29. The molecule has 0 fully saturated rings. The molecule has 0 N–H and O–H groups in total. The highest BCUT2D eigenvalue weighted by molar-refractivity contribution is 7.13. The van der Waals surface area contributed by atoms with E-state index >= 15 is 0 Å². The first-order valence-corrected chi connectivity index (χ1v) is 11.8. The predicted molar refractivity (Wildman–Crippen MR) is 129 cm³/mol. The molecule has 5 rings (SSSR count). The number of halogens is 1. The quantitative estimate of drug-likeness (QED) is 0.366. The molecule has 1 amide bonds. The van der Waals surface area contributed by atoms with Crippen molar-refractivity contribution in [1.29, 1.82) is 0 Å². The van der Waals surface area contributed by atoms with Crippen LogP contribution in [0.3, 0.4) is 0 Å². The molecule has 34 heavy (non-hydrogen) atoms. The van der Waals surface area contributed by atoms with E-state index in [-0.39, 0.29) is 22.3 Å². The number of carbonyl (C=O) groups is 1. The third kappa shape index (κ3) is 3.70. The van der Waals surface area contributed by atoms with Gasteiger partial charge in [0.05, 0.1) is 30.7 Å². The van der Waals surface area contributed by atoms with Crippen LogP contribution in [0.5, 0.6) is 11.5 Å². The molecule has 1 aliphatic heterocycles. The smallest absolute Gasteiger partial charge is 0.297 e. The second-order valence-corrected chi connectivity index (χ2v) is 9.48. The number of ether oxygens (including phenoxy) is 2. The Morgan fingerprint density at radius 2 is 2.00 bits per heavy atom. The van der Waals surface area contributed by atoms with E-state index in [0.29, 0.717) is 45.1 Å². The van der Waals surface area contributed by atoms with E-state index in [1.54, 1.807) is 43.5 Å². The minimum Gasteiger partial charge on any atom is -0.493 e. The molecule has 8 nitrogen and oxygen atoms in total. The van der Waals surface area contributed by atoms with Crippen LogP contribution in [-0.2, 0) is 0 Å². The van der Waals surface area contributed by atoms with Crippen LogP contribution in [0.4, 0.5) is 5.13 Å². The fraction of sp³-hybridized carbons (Fsp3) is 0.250. The van der Waals surface area contributed by atoms with Gasteiger partial charge < -0.3 is 13.9 Å². The molecule has 0 aliphatic carbocycles. The molecule has 2 aromatic carbocycles. The molecule has 3 heterocycles. The van der Waals surface area contributed by atoms with Crippen molar-refractivity contribution in [2.45, 2.75) is 19.9 Å². The van der Waals surface area contributed by atoms with Gasteiger partial charge in [0.15, 0.2) is 16.9 Å². The van der Waals surface area contributed by atoms with E-state index in [1.807, 2.05) is 0 Å². The zero-order valence-electron chi connectivity index (χ0n) is 18.6. The Balaban J connectivity index is 1.72. The molecule has 0 spiro atoms. The molecule has 2 aromatic heterocycles. The third-order valence-electron chi connectivity index (χ3n) is 5.46. The van der Waals surface area contributed by atoms with E-state index < -0.39 is 11.9 Å². The molecule has 1 atom stereocenters. The van der Waals surface area contributed by atoms with Gasteiger partial charge in [0, 0.05) is 5.02 Å². The molecular weight excluding hydrogens is 478 g/mol. The first kappa shape index (κ1) is 22.4. The van der Waals surface area contributed by atoms with Crippen molar-refractivity contribution < 1.29 is 18.7 Å². The molecule has 1 aliphatic rings. The number of amides is 1. The van der Waals surface area contributed by atoms with Crippen LogP contribution in [0, 0.1) is 5.92 Å². The van der Waals surface area contributed by atoms with Gasteiger partial charge in [-0.05, 0) is 41.8 Å². The van der Waals surface area contributed by atoms with Crippen molar-refractivity contribution in [3.63, 3.8) is 0 Å². The Labute approximate surface area is 203 Å². The standard InChI is InChI=1S/C24H20ClN3O5S/c1-12(2)10-32-17-6-4-13(8-18(17)31-3)20-19-21(29)15-9-14(25)5-7-16(15)33-22(19)23(30)28(20)24-27-26-11-34-24/h4-9,11-12,20H,10H2,1-3H3. The van der Waals surface area contributed by atoms with Crippen molar-refractivity contribution in [3.8, 4) is 11.5 Å². The van der Waals surface area contributed by atoms with Gasteiger partial charge in [-0.15, -0.1) is 10.2 Å². The second-order valence-electron chi connectivity index (χ2n) is 8.23. The summed E-state index contributed by atoms with van der Waals surface area (Å²) in [4.78, 5) is 28.5. The maximum Gasteiger partial charge on any atom is 0.297 e. The van der Waals surface area contributed by atoms with Crippen LogP contribution >= 0.6 is 22.9 Å². The highest BCUT2D eigenvalue weighted by Crippen LogP contribution is 2.43. The number of benzene rings is 2. The Morgan fingerprint density at radius 3 is 2.71 bits per heavy atom. The summed E-state index contributed by atoms with van der Waals surface area (Å²) in [6, 6.07) is 9.29. The van der Waals surface area contributed by atoms with Crippen LogP contribution in [0.2, 0.25) is 5.02 Å². The summed E-state index contributed by atoms with van der Waals surface area (Å²) >= 11 is 7.33. The summed E-state index contributed by atoms with van der Waals surface area (Å²) in [6.07, 6.45) is 0. The summed E-state index contributed by atoms with van der Waals surface area (Å²) in [6.45, 7) is 4.63. The van der Waals surface area contributed by atoms with E-state index in [1.165, 1.54) is 21.7 Å². The van der Waals surface area contributed by atoms with Gasteiger partial charge >= 0.3 is 0 Å². The van der Waals surface area contributed by atoms with Gasteiger partial charge in [-0.1, -0.05) is 42.9 Å². The number of rotatable bonds is 6. The number of fused-ring (bicyclic) bond motifs is 2. The minimum absolute atomic E-state index is 0.0286. The molecule has 174 valence electrons. The van der Waals surface area contributed by atoms with Crippen molar-refractivity contribution >= 4 is 44.9 Å². The Morgan fingerprint density at radius 1 is 1.18 bits per heavy atom. The highest BCUT2D eigenvalue weighted by atomic mass is 35.5. The summed E-state index contributed by atoms with van der Waals surface area (Å²) < 4.78 is 17.4. The van der Waals surface area contributed by atoms with E-state index in [2.05, 4.69) is 24.0 Å². The van der Waals surface area contributed by atoms with Crippen molar-refractivity contribution in [3.05, 3.63) is 74.0 Å². The van der Waals surface area contributed by atoms with Crippen molar-refractivity contribution in [2.24, 2.45) is 5.92 Å². The molecule has 0 radical (unpaired) electrons. The second kappa shape index (κ2) is 8.73. The Kier molecular flexibility index (Phi) is 5.75. The van der Waals surface area contributed by atoms with Crippen molar-refractivity contribution in [2.75, 3.05) is 18.6 Å². The zero-order valence-corrected chi connectivity index (χ0v) is 20.1. The first-order chi connectivity index (χ1) is 16.4. The molecule has 4 aromatic rings. The monoisotopic (exact) mass is 497 g/mol. The molecule has 1 unspecified atom stereocenters. The van der Waals surface area contributed by atoms with E-state index in [0.717, 1.165) is 0 Å².